The first-order chi connectivity index (χ1) is 4.76. The van der Waals surface area contributed by atoms with Crippen LogP contribution in [-0.4, -0.2) is 25.2 Å². The van der Waals surface area contributed by atoms with E-state index < -0.39 is 5.92 Å². The molecular weight excluding hydrogens is 130 g/mol. The molecule has 1 unspecified atom stereocenters. The molecular formula is C7H13NO2. The van der Waals surface area contributed by atoms with Crippen LogP contribution in [0.4, 0.5) is 0 Å². The van der Waals surface area contributed by atoms with Gasteiger partial charge in [-0.05, 0) is 13.5 Å². The third kappa shape index (κ3) is 2.73. The summed E-state index contributed by atoms with van der Waals surface area (Å²) in [6.07, 6.45) is 1.33. The van der Waals surface area contributed by atoms with E-state index in [1.54, 1.807) is 0 Å². The Balaban J connectivity index is 3.75. The van der Waals surface area contributed by atoms with Crippen LogP contribution in [-0.2, 0) is 9.59 Å². The highest BCUT2D eigenvalue weighted by molar-refractivity contribution is 5.78. The maximum Gasteiger partial charge on any atom is 0.131 e. The zero-order chi connectivity index (χ0) is 7.98. The molecule has 0 aliphatic carbocycles. The fourth-order valence-electron chi connectivity index (χ4n) is 0.726. The van der Waals surface area contributed by atoms with Gasteiger partial charge in [-0.2, -0.15) is 0 Å². The second-order valence-electron chi connectivity index (χ2n) is 2.20. The summed E-state index contributed by atoms with van der Waals surface area (Å²) < 4.78 is 0. The lowest BCUT2D eigenvalue weighted by Gasteiger charge is -2.12. The molecule has 1 atom stereocenters. The molecule has 0 radical (unpaired) electrons. The highest BCUT2D eigenvalue weighted by Crippen LogP contribution is 1.94. The SMILES string of the molecule is CCNC(C)C(C=O)C=O. The van der Waals surface area contributed by atoms with Crippen LogP contribution in [0.25, 0.3) is 0 Å². The smallest absolute Gasteiger partial charge is 0.131 e. The molecule has 0 aliphatic rings. The van der Waals surface area contributed by atoms with Crippen molar-refractivity contribution >= 4 is 12.6 Å². The van der Waals surface area contributed by atoms with Gasteiger partial charge in [0.25, 0.3) is 0 Å². The Hall–Kier alpha value is -0.700. The zero-order valence-corrected chi connectivity index (χ0v) is 6.33. The second kappa shape index (κ2) is 5.11. The van der Waals surface area contributed by atoms with Gasteiger partial charge in [-0.1, -0.05) is 6.92 Å². The summed E-state index contributed by atoms with van der Waals surface area (Å²) in [6.45, 7) is 4.53. The van der Waals surface area contributed by atoms with Crippen LogP contribution >= 0.6 is 0 Å². The summed E-state index contributed by atoms with van der Waals surface area (Å²) in [5, 5.41) is 2.98. The van der Waals surface area contributed by atoms with E-state index in [0.29, 0.717) is 12.6 Å². The van der Waals surface area contributed by atoms with Gasteiger partial charge in [-0.15, -0.1) is 0 Å². The fourth-order valence-corrected chi connectivity index (χ4v) is 0.726. The van der Waals surface area contributed by atoms with Gasteiger partial charge < -0.3 is 14.9 Å². The van der Waals surface area contributed by atoms with Crippen molar-refractivity contribution in [3.05, 3.63) is 0 Å². The molecule has 0 fully saturated rings. The summed E-state index contributed by atoms with van der Waals surface area (Å²) in [5.41, 5.74) is 0. The first-order valence-corrected chi connectivity index (χ1v) is 3.40. The van der Waals surface area contributed by atoms with Gasteiger partial charge in [0.15, 0.2) is 0 Å². The molecule has 0 rings (SSSR count). The third-order valence-corrected chi connectivity index (χ3v) is 1.42. The monoisotopic (exact) mass is 143 g/mol. The first-order valence-electron chi connectivity index (χ1n) is 3.40. The summed E-state index contributed by atoms with van der Waals surface area (Å²) in [6, 6.07) is -0.0417. The second-order valence-corrected chi connectivity index (χ2v) is 2.20. The maximum atomic E-state index is 10.2. The minimum absolute atomic E-state index is 0.0417. The molecule has 0 heterocycles. The van der Waals surface area contributed by atoms with Gasteiger partial charge in [-0.3, -0.25) is 0 Å². The van der Waals surface area contributed by atoms with Gasteiger partial charge in [-0.25, -0.2) is 0 Å². The number of hydrogen-bond acceptors (Lipinski definition) is 3. The minimum Gasteiger partial charge on any atom is -0.313 e. The zero-order valence-electron chi connectivity index (χ0n) is 6.33. The van der Waals surface area contributed by atoms with Crippen LogP contribution in [0.2, 0.25) is 0 Å². The Morgan fingerprint density at radius 3 is 2.20 bits per heavy atom. The largest absolute Gasteiger partial charge is 0.313 e. The van der Waals surface area contributed by atoms with Crippen LogP contribution in [0.1, 0.15) is 13.8 Å². The van der Waals surface area contributed by atoms with Crippen LogP contribution < -0.4 is 5.32 Å². The van der Waals surface area contributed by atoms with Crippen LogP contribution in [0.15, 0.2) is 0 Å². The van der Waals surface area contributed by atoms with E-state index in [9.17, 15) is 9.59 Å². The van der Waals surface area contributed by atoms with Crippen molar-refractivity contribution in [3.63, 3.8) is 0 Å². The molecule has 0 aromatic rings. The van der Waals surface area contributed by atoms with Gasteiger partial charge in [0.05, 0.1) is 5.92 Å². The molecule has 0 saturated heterocycles. The number of nitrogens with one attached hydrogen (secondary N) is 1. The van der Waals surface area contributed by atoms with Crippen molar-refractivity contribution in [1.29, 1.82) is 0 Å². The van der Waals surface area contributed by atoms with E-state index in [1.165, 1.54) is 0 Å². The lowest BCUT2D eigenvalue weighted by atomic mass is 10.1. The highest BCUT2D eigenvalue weighted by atomic mass is 16.1. The molecule has 3 heteroatoms. The van der Waals surface area contributed by atoms with E-state index in [1.807, 2.05) is 13.8 Å². The summed E-state index contributed by atoms with van der Waals surface area (Å²) in [7, 11) is 0. The topological polar surface area (TPSA) is 46.2 Å². The Morgan fingerprint density at radius 1 is 1.40 bits per heavy atom. The molecule has 0 aliphatic heterocycles. The minimum atomic E-state index is -0.500. The van der Waals surface area contributed by atoms with Gasteiger partial charge in [0, 0.05) is 6.04 Å². The van der Waals surface area contributed by atoms with Crippen LogP contribution in [0.5, 0.6) is 0 Å². The van der Waals surface area contributed by atoms with E-state index in [-0.39, 0.29) is 6.04 Å². The summed E-state index contributed by atoms with van der Waals surface area (Å²) >= 11 is 0. The van der Waals surface area contributed by atoms with Crippen molar-refractivity contribution in [2.75, 3.05) is 6.54 Å². The molecule has 10 heavy (non-hydrogen) atoms. The quantitative estimate of drug-likeness (QED) is 0.435. The van der Waals surface area contributed by atoms with Crippen molar-refractivity contribution < 1.29 is 9.59 Å². The molecule has 0 aromatic carbocycles. The van der Waals surface area contributed by atoms with Crippen molar-refractivity contribution in [1.82, 2.24) is 5.32 Å². The number of rotatable bonds is 5. The Bertz CT molecular complexity index is 106. The lowest BCUT2D eigenvalue weighted by molar-refractivity contribution is -0.120. The van der Waals surface area contributed by atoms with Gasteiger partial charge in [0.2, 0.25) is 0 Å². The fraction of sp³-hybridized carbons (Fsp3) is 0.714. The maximum absolute atomic E-state index is 10.2. The van der Waals surface area contributed by atoms with Crippen molar-refractivity contribution in [3.8, 4) is 0 Å². The average molecular weight is 143 g/mol. The van der Waals surface area contributed by atoms with Crippen LogP contribution in [0.3, 0.4) is 0 Å². The van der Waals surface area contributed by atoms with Gasteiger partial charge in [0.1, 0.15) is 12.6 Å². The summed E-state index contributed by atoms with van der Waals surface area (Å²) in [5.74, 6) is -0.500. The summed E-state index contributed by atoms with van der Waals surface area (Å²) in [4.78, 5) is 20.4. The van der Waals surface area contributed by atoms with Crippen LogP contribution in [0, 0.1) is 5.92 Å². The molecule has 0 bridgehead atoms. The van der Waals surface area contributed by atoms with E-state index >= 15 is 0 Å². The normalized spacial score (nSPS) is 13.1. The molecule has 58 valence electrons. The molecule has 3 nitrogen and oxygen atoms in total. The van der Waals surface area contributed by atoms with E-state index in [2.05, 4.69) is 5.32 Å². The van der Waals surface area contributed by atoms with E-state index in [4.69, 9.17) is 0 Å². The number of aldehydes is 2. The number of carbonyl (C=O) groups is 2. The number of hydrogen-bond donors (Lipinski definition) is 1. The number of carbonyl (C=O) groups excluding carboxylic acids is 2. The standard InChI is InChI=1S/C7H13NO2/c1-3-8-6(2)7(4-9)5-10/h4-8H,3H2,1-2H3. The molecule has 0 spiro atoms. The molecule has 0 saturated carbocycles. The average Bonchev–Trinajstić information content (AvgIpc) is 1.91. The Kier molecular flexibility index (Phi) is 4.76. The highest BCUT2D eigenvalue weighted by Gasteiger charge is 2.12. The Labute approximate surface area is 60.8 Å². The first kappa shape index (κ1) is 9.30. The molecule has 1 N–H and O–H groups in total. The molecule has 0 amide bonds. The van der Waals surface area contributed by atoms with Gasteiger partial charge >= 0.3 is 0 Å². The van der Waals surface area contributed by atoms with Crippen molar-refractivity contribution in [2.24, 2.45) is 5.92 Å². The lowest BCUT2D eigenvalue weighted by Crippen LogP contribution is -2.34. The third-order valence-electron chi connectivity index (χ3n) is 1.42. The van der Waals surface area contributed by atoms with E-state index in [0.717, 1.165) is 6.54 Å². The van der Waals surface area contributed by atoms with Crippen molar-refractivity contribution in [2.45, 2.75) is 19.9 Å². The predicted octanol–water partition coefficient (Wildman–Crippen LogP) is -0.00160. The predicted molar refractivity (Wildman–Crippen MR) is 38.8 cm³/mol. The Morgan fingerprint density at radius 2 is 1.90 bits per heavy atom. The molecule has 0 aromatic heterocycles.